The van der Waals surface area contributed by atoms with Crippen molar-refractivity contribution in [3.63, 3.8) is 0 Å². The van der Waals surface area contributed by atoms with E-state index in [0.717, 1.165) is 22.3 Å². The summed E-state index contributed by atoms with van der Waals surface area (Å²) in [6.07, 6.45) is 3.19. The minimum atomic E-state index is -0.943. The monoisotopic (exact) mass is 216 g/mol. The van der Waals surface area contributed by atoms with E-state index in [-0.39, 0.29) is 0 Å². The number of carbonyl (C=O) groups is 1. The maximum atomic E-state index is 10.8. The molecule has 0 aromatic heterocycles. The van der Waals surface area contributed by atoms with E-state index >= 15 is 0 Å². The third-order valence-corrected chi connectivity index (χ3v) is 2.61. The highest BCUT2D eigenvalue weighted by atomic mass is 16.5. The summed E-state index contributed by atoms with van der Waals surface area (Å²) >= 11 is 0. The predicted octanol–water partition coefficient (Wildman–Crippen LogP) is 2.58. The number of rotatable bonds is 2. The number of carboxylic acid groups (broad SMARTS) is 1. The molecule has 3 heteroatoms. The standard InChI is InChI=1S/C13H12O3/c1-8-6-9-4-3-5-11(16-2)13(9)10(8)7-12(14)15/h3-7H,1-2H3,(H,14,15). The number of methoxy groups -OCH3 is 1. The molecule has 0 spiro atoms. The maximum Gasteiger partial charge on any atom is 0.328 e. The molecule has 3 nitrogen and oxygen atoms in total. The Morgan fingerprint density at radius 3 is 2.81 bits per heavy atom. The number of fused-ring (bicyclic) bond motifs is 1. The quantitative estimate of drug-likeness (QED) is 0.773. The molecule has 1 N–H and O–H groups in total. The van der Waals surface area contributed by atoms with E-state index in [9.17, 15) is 4.79 Å². The Kier molecular flexibility index (Phi) is 2.52. The molecule has 2 rings (SSSR count). The Labute approximate surface area is 93.7 Å². The molecule has 0 radical (unpaired) electrons. The van der Waals surface area contributed by atoms with Crippen molar-refractivity contribution in [2.24, 2.45) is 0 Å². The largest absolute Gasteiger partial charge is 0.496 e. The minimum absolute atomic E-state index is 0.707. The second-order valence-corrected chi connectivity index (χ2v) is 3.65. The van der Waals surface area contributed by atoms with Crippen LogP contribution >= 0.6 is 0 Å². The first-order chi connectivity index (χ1) is 7.63. The van der Waals surface area contributed by atoms with Crippen molar-refractivity contribution in [3.05, 3.63) is 41.0 Å². The van der Waals surface area contributed by atoms with Crippen LogP contribution in [0.1, 0.15) is 18.1 Å². The van der Waals surface area contributed by atoms with E-state index in [1.165, 1.54) is 6.08 Å². The van der Waals surface area contributed by atoms with Gasteiger partial charge in [0.25, 0.3) is 0 Å². The van der Waals surface area contributed by atoms with Gasteiger partial charge in [-0.3, -0.25) is 0 Å². The van der Waals surface area contributed by atoms with E-state index in [0.29, 0.717) is 5.75 Å². The summed E-state index contributed by atoms with van der Waals surface area (Å²) in [4.78, 5) is 10.8. The Hall–Kier alpha value is -2.03. The fourth-order valence-electron chi connectivity index (χ4n) is 1.94. The van der Waals surface area contributed by atoms with Gasteiger partial charge in [-0.1, -0.05) is 18.2 Å². The predicted molar refractivity (Wildman–Crippen MR) is 62.3 cm³/mol. The van der Waals surface area contributed by atoms with Gasteiger partial charge in [0.05, 0.1) is 7.11 Å². The molecule has 0 aliphatic heterocycles. The van der Waals surface area contributed by atoms with Crippen LogP contribution in [0.4, 0.5) is 0 Å². The average Bonchev–Trinajstić information content (AvgIpc) is 2.54. The lowest BCUT2D eigenvalue weighted by molar-refractivity contribution is -0.131. The van der Waals surface area contributed by atoms with E-state index in [1.807, 2.05) is 31.2 Å². The van der Waals surface area contributed by atoms with Crippen LogP contribution < -0.4 is 4.74 Å². The summed E-state index contributed by atoms with van der Waals surface area (Å²) in [5.41, 5.74) is 3.54. The Bertz CT molecular complexity index is 510. The SMILES string of the molecule is COc1cccc2c1C(=CC(=O)O)C(C)=C2. The summed E-state index contributed by atoms with van der Waals surface area (Å²) in [5, 5.41) is 8.84. The Balaban J connectivity index is 2.64. The van der Waals surface area contributed by atoms with Gasteiger partial charge >= 0.3 is 5.97 Å². The van der Waals surface area contributed by atoms with Crippen molar-refractivity contribution in [1.29, 1.82) is 0 Å². The average molecular weight is 216 g/mol. The van der Waals surface area contributed by atoms with Crippen LogP contribution in [0.2, 0.25) is 0 Å². The van der Waals surface area contributed by atoms with Gasteiger partial charge in [0.1, 0.15) is 5.75 Å². The number of ether oxygens (including phenoxy) is 1. The first kappa shape index (κ1) is 10.5. The molecule has 0 unspecified atom stereocenters. The normalized spacial score (nSPS) is 15.9. The summed E-state index contributed by atoms with van der Waals surface area (Å²) in [7, 11) is 1.58. The van der Waals surface area contributed by atoms with Crippen LogP contribution in [0.25, 0.3) is 11.6 Å². The van der Waals surface area contributed by atoms with E-state index in [4.69, 9.17) is 9.84 Å². The number of benzene rings is 1. The highest BCUT2D eigenvalue weighted by Gasteiger charge is 2.20. The highest BCUT2D eigenvalue weighted by molar-refractivity contribution is 6.03. The van der Waals surface area contributed by atoms with Crippen LogP contribution in [0, 0.1) is 0 Å². The van der Waals surface area contributed by atoms with Crippen molar-refractivity contribution in [2.75, 3.05) is 7.11 Å². The van der Waals surface area contributed by atoms with Crippen molar-refractivity contribution < 1.29 is 14.6 Å². The topological polar surface area (TPSA) is 46.5 Å². The number of hydrogen-bond acceptors (Lipinski definition) is 2. The second kappa shape index (κ2) is 3.85. The second-order valence-electron chi connectivity index (χ2n) is 3.65. The molecule has 1 aromatic carbocycles. The molecule has 1 aromatic rings. The summed E-state index contributed by atoms with van der Waals surface area (Å²) in [6.45, 7) is 1.90. The van der Waals surface area contributed by atoms with E-state index in [2.05, 4.69) is 0 Å². The van der Waals surface area contributed by atoms with Crippen LogP contribution in [0.3, 0.4) is 0 Å². The molecule has 1 aliphatic carbocycles. The van der Waals surface area contributed by atoms with Gasteiger partial charge in [-0.05, 0) is 29.7 Å². The van der Waals surface area contributed by atoms with Crippen LogP contribution in [0.5, 0.6) is 5.75 Å². The zero-order valence-corrected chi connectivity index (χ0v) is 9.15. The molecule has 0 atom stereocenters. The van der Waals surface area contributed by atoms with Crippen molar-refractivity contribution in [1.82, 2.24) is 0 Å². The van der Waals surface area contributed by atoms with Crippen molar-refractivity contribution >= 4 is 17.6 Å². The number of allylic oxidation sites excluding steroid dienone is 2. The first-order valence-corrected chi connectivity index (χ1v) is 4.94. The van der Waals surface area contributed by atoms with Crippen LogP contribution in [0.15, 0.2) is 29.8 Å². The molecule has 0 heterocycles. The van der Waals surface area contributed by atoms with Gasteiger partial charge in [0.2, 0.25) is 0 Å². The number of carboxylic acids is 1. The molecule has 82 valence electrons. The van der Waals surface area contributed by atoms with Gasteiger partial charge in [0.15, 0.2) is 0 Å². The lowest BCUT2D eigenvalue weighted by Gasteiger charge is -2.08. The third kappa shape index (κ3) is 1.60. The summed E-state index contributed by atoms with van der Waals surface area (Å²) in [5.74, 6) is -0.236. The van der Waals surface area contributed by atoms with Crippen molar-refractivity contribution in [3.8, 4) is 5.75 Å². The summed E-state index contributed by atoms with van der Waals surface area (Å²) < 4.78 is 5.25. The Morgan fingerprint density at radius 1 is 1.44 bits per heavy atom. The summed E-state index contributed by atoms with van der Waals surface area (Å²) in [6, 6.07) is 5.68. The first-order valence-electron chi connectivity index (χ1n) is 4.94. The van der Waals surface area contributed by atoms with Crippen LogP contribution in [-0.4, -0.2) is 18.2 Å². The molecular weight excluding hydrogens is 204 g/mol. The number of hydrogen-bond donors (Lipinski definition) is 1. The lowest BCUT2D eigenvalue weighted by Crippen LogP contribution is -1.95. The minimum Gasteiger partial charge on any atom is -0.496 e. The fraction of sp³-hybridized carbons (Fsp3) is 0.154. The lowest BCUT2D eigenvalue weighted by atomic mass is 10.0. The molecule has 16 heavy (non-hydrogen) atoms. The van der Waals surface area contributed by atoms with Gasteiger partial charge in [-0.15, -0.1) is 0 Å². The molecule has 0 bridgehead atoms. The maximum absolute atomic E-state index is 10.8. The molecule has 0 saturated carbocycles. The zero-order chi connectivity index (χ0) is 11.7. The number of aliphatic carboxylic acids is 1. The molecule has 0 amide bonds. The molecule has 1 aliphatic rings. The molecule has 0 fully saturated rings. The zero-order valence-electron chi connectivity index (χ0n) is 9.15. The van der Waals surface area contributed by atoms with Gasteiger partial charge < -0.3 is 9.84 Å². The van der Waals surface area contributed by atoms with Gasteiger partial charge in [-0.2, -0.15) is 0 Å². The van der Waals surface area contributed by atoms with Gasteiger partial charge in [-0.25, -0.2) is 4.79 Å². The smallest absolute Gasteiger partial charge is 0.328 e. The molecule has 0 saturated heterocycles. The van der Waals surface area contributed by atoms with Crippen molar-refractivity contribution in [2.45, 2.75) is 6.92 Å². The highest BCUT2D eigenvalue weighted by Crippen LogP contribution is 2.40. The van der Waals surface area contributed by atoms with E-state index in [1.54, 1.807) is 7.11 Å². The Morgan fingerprint density at radius 2 is 2.19 bits per heavy atom. The van der Waals surface area contributed by atoms with E-state index < -0.39 is 5.97 Å². The molecular formula is C13H12O3. The third-order valence-electron chi connectivity index (χ3n) is 2.61. The fourth-order valence-corrected chi connectivity index (χ4v) is 1.94. The van der Waals surface area contributed by atoms with Gasteiger partial charge in [0, 0.05) is 11.6 Å². The van der Waals surface area contributed by atoms with Crippen LogP contribution in [-0.2, 0) is 4.79 Å².